The molecule has 1 rings (SSSR count). The van der Waals surface area contributed by atoms with Gasteiger partial charge in [-0.25, -0.2) is 9.18 Å². The van der Waals surface area contributed by atoms with E-state index in [-0.39, 0.29) is 6.42 Å². The third-order valence-electron chi connectivity index (χ3n) is 2.30. The van der Waals surface area contributed by atoms with Crippen molar-refractivity contribution in [2.75, 3.05) is 0 Å². The van der Waals surface area contributed by atoms with Crippen molar-refractivity contribution in [2.45, 2.75) is 38.8 Å². The molecule has 1 aromatic carbocycles. The van der Waals surface area contributed by atoms with Crippen molar-refractivity contribution in [1.29, 1.82) is 0 Å². The molecule has 0 saturated heterocycles. The highest BCUT2D eigenvalue weighted by Crippen LogP contribution is 2.09. The number of carboxylic acids is 1. The molecule has 1 aromatic rings. The molecule has 0 unspecified atom stereocenters. The maximum atomic E-state index is 13.0. The zero-order valence-corrected chi connectivity index (χ0v) is 11.6. The van der Waals surface area contributed by atoms with E-state index < -0.39 is 29.5 Å². The molecule has 0 bridgehead atoms. The largest absolute Gasteiger partial charge is 0.548 e. The fourth-order valence-electron chi connectivity index (χ4n) is 1.54. The Kier molecular flexibility index (Phi) is 5.07. The van der Waals surface area contributed by atoms with Crippen molar-refractivity contribution in [3.05, 3.63) is 35.6 Å². The van der Waals surface area contributed by atoms with Crippen LogP contribution in [-0.4, -0.2) is 23.7 Å². The van der Waals surface area contributed by atoms with Crippen LogP contribution in [0.2, 0.25) is 0 Å². The monoisotopic (exact) mass is 282 g/mol. The van der Waals surface area contributed by atoms with E-state index in [0.29, 0.717) is 5.56 Å². The number of amides is 1. The lowest BCUT2D eigenvalue weighted by molar-refractivity contribution is -0.308. The first-order valence-corrected chi connectivity index (χ1v) is 6.12. The van der Waals surface area contributed by atoms with Crippen LogP contribution in [0.15, 0.2) is 24.3 Å². The van der Waals surface area contributed by atoms with E-state index in [1.807, 2.05) is 0 Å². The number of carboxylic acid groups (broad SMARTS) is 1. The number of carbonyl (C=O) groups excluding carboxylic acids is 2. The molecule has 0 aromatic heterocycles. The summed E-state index contributed by atoms with van der Waals surface area (Å²) in [5, 5.41) is 13.2. The van der Waals surface area contributed by atoms with Gasteiger partial charge in [-0.15, -0.1) is 0 Å². The molecule has 0 fully saturated rings. The first-order chi connectivity index (χ1) is 9.17. The number of rotatable bonds is 4. The first-order valence-electron chi connectivity index (χ1n) is 6.12. The number of hydrogen-bond acceptors (Lipinski definition) is 4. The topological polar surface area (TPSA) is 78.5 Å². The van der Waals surface area contributed by atoms with Gasteiger partial charge in [-0.2, -0.15) is 0 Å². The molecule has 0 spiro atoms. The van der Waals surface area contributed by atoms with Gasteiger partial charge in [-0.3, -0.25) is 0 Å². The van der Waals surface area contributed by atoms with Crippen LogP contribution in [0, 0.1) is 5.82 Å². The molecule has 0 saturated carbocycles. The van der Waals surface area contributed by atoms with Crippen LogP contribution < -0.4 is 10.4 Å². The summed E-state index contributed by atoms with van der Waals surface area (Å²) in [6, 6.07) is 4.19. The van der Waals surface area contributed by atoms with Gasteiger partial charge >= 0.3 is 6.09 Å². The lowest BCUT2D eigenvalue weighted by Gasteiger charge is -2.24. The van der Waals surface area contributed by atoms with Crippen LogP contribution in [-0.2, 0) is 16.0 Å². The van der Waals surface area contributed by atoms with E-state index in [9.17, 15) is 19.1 Å². The minimum atomic E-state index is -1.46. The Labute approximate surface area is 116 Å². The molecule has 0 radical (unpaired) electrons. The van der Waals surface area contributed by atoms with Crippen LogP contribution in [0.1, 0.15) is 26.3 Å². The maximum Gasteiger partial charge on any atom is 0.408 e. The van der Waals surface area contributed by atoms with Crippen molar-refractivity contribution in [2.24, 2.45) is 0 Å². The normalized spacial score (nSPS) is 12.6. The molecular weight excluding hydrogens is 265 g/mol. The second kappa shape index (κ2) is 6.36. The van der Waals surface area contributed by atoms with Crippen LogP contribution in [0.25, 0.3) is 0 Å². The molecule has 6 heteroatoms. The van der Waals surface area contributed by atoms with Gasteiger partial charge in [0.2, 0.25) is 0 Å². The summed E-state index contributed by atoms with van der Waals surface area (Å²) in [7, 11) is 0. The van der Waals surface area contributed by atoms with Crippen molar-refractivity contribution in [3.8, 4) is 0 Å². The fourth-order valence-corrected chi connectivity index (χ4v) is 1.54. The zero-order chi connectivity index (χ0) is 15.3. The van der Waals surface area contributed by atoms with Crippen molar-refractivity contribution in [3.63, 3.8) is 0 Å². The van der Waals surface area contributed by atoms with Gasteiger partial charge in [0.15, 0.2) is 0 Å². The Hall–Kier alpha value is -2.11. The molecule has 0 aliphatic carbocycles. The van der Waals surface area contributed by atoms with E-state index in [1.165, 1.54) is 18.2 Å². The highest BCUT2D eigenvalue weighted by atomic mass is 19.1. The van der Waals surface area contributed by atoms with E-state index in [2.05, 4.69) is 5.32 Å². The highest BCUT2D eigenvalue weighted by molar-refractivity contribution is 5.79. The zero-order valence-electron chi connectivity index (χ0n) is 11.6. The summed E-state index contributed by atoms with van der Waals surface area (Å²) in [5.41, 5.74) is -0.297. The first kappa shape index (κ1) is 15.9. The van der Waals surface area contributed by atoms with Crippen LogP contribution in [0.4, 0.5) is 9.18 Å². The molecule has 1 N–H and O–H groups in total. The summed E-state index contributed by atoms with van der Waals surface area (Å²) < 4.78 is 18.0. The Balaban J connectivity index is 2.71. The lowest BCUT2D eigenvalue weighted by Crippen LogP contribution is -2.50. The number of aliphatic carboxylic acids is 1. The molecule has 1 amide bonds. The predicted molar refractivity (Wildman–Crippen MR) is 68.3 cm³/mol. The summed E-state index contributed by atoms with van der Waals surface area (Å²) in [5.74, 6) is -1.93. The van der Waals surface area contributed by atoms with Crippen molar-refractivity contribution >= 4 is 12.1 Å². The van der Waals surface area contributed by atoms with Crippen LogP contribution in [0.3, 0.4) is 0 Å². The molecule has 20 heavy (non-hydrogen) atoms. The number of hydrogen-bond donors (Lipinski definition) is 1. The number of carbonyl (C=O) groups is 2. The molecule has 0 heterocycles. The van der Waals surface area contributed by atoms with Gasteiger partial charge in [-0.05, 0) is 44.9 Å². The van der Waals surface area contributed by atoms with Gasteiger partial charge in [0.25, 0.3) is 0 Å². The summed E-state index contributed by atoms with van der Waals surface area (Å²) in [4.78, 5) is 22.5. The van der Waals surface area contributed by atoms with Crippen molar-refractivity contribution in [1.82, 2.24) is 5.32 Å². The van der Waals surface area contributed by atoms with Gasteiger partial charge in [0.05, 0.1) is 12.0 Å². The van der Waals surface area contributed by atoms with Crippen molar-refractivity contribution < 1.29 is 23.8 Å². The number of alkyl carbamates (subject to hydrolysis) is 1. The third-order valence-corrected chi connectivity index (χ3v) is 2.30. The summed E-state index contributed by atoms with van der Waals surface area (Å²) >= 11 is 0. The number of nitrogens with one attached hydrogen (secondary N) is 1. The third kappa shape index (κ3) is 5.69. The average Bonchev–Trinajstić information content (AvgIpc) is 2.25. The highest BCUT2D eigenvalue weighted by Gasteiger charge is 2.20. The molecule has 110 valence electrons. The maximum absolute atomic E-state index is 13.0. The molecule has 0 aliphatic rings. The van der Waals surface area contributed by atoms with Gasteiger partial charge < -0.3 is 20.0 Å². The lowest BCUT2D eigenvalue weighted by atomic mass is 10.1. The number of halogens is 1. The smallest absolute Gasteiger partial charge is 0.408 e. The van der Waals surface area contributed by atoms with Crippen LogP contribution >= 0.6 is 0 Å². The number of benzene rings is 1. The van der Waals surface area contributed by atoms with Gasteiger partial charge in [-0.1, -0.05) is 12.1 Å². The van der Waals surface area contributed by atoms with Gasteiger partial charge in [0.1, 0.15) is 11.4 Å². The standard InChI is InChI=1S/C14H18FNO4/c1-14(2,3)20-13(19)16-11(12(17)18)8-9-5-4-6-10(15)7-9/h4-7,11H,8H2,1-3H3,(H,16,19)(H,17,18)/p-1/t11-/m0/s1. The van der Waals surface area contributed by atoms with Gasteiger partial charge in [0, 0.05) is 0 Å². The average molecular weight is 282 g/mol. The summed E-state index contributed by atoms with van der Waals surface area (Å²) in [6.07, 6.45) is -0.942. The minimum absolute atomic E-state index is 0.0840. The minimum Gasteiger partial charge on any atom is -0.548 e. The Bertz CT molecular complexity index is 496. The van der Waals surface area contributed by atoms with E-state index in [0.717, 1.165) is 0 Å². The SMILES string of the molecule is CC(C)(C)OC(=O)N[C@@H](Cc1cccc(F)c1)C(=O)[O-]. The molecule has 0 aliphatic heterocycles. The Morgan fingerprint density at radius 1 is 1.40 bits per heavy atom. The Morgan fingerprint density at radius 2 is 2.05 bits per heavy atom. The molecule has 5 nitrogen and oxygen atoms in total. The second-order valence-electron chi connectivity index (χ2n) is 5.35. The van der Waals surface area contributed by atoms with Crippen LogP contribution in [0.5, 0.6) is 0 Å². The fraction of sp³-hybridized carbons (Fsp3) is 0.429. The summed E-state index contributed by atoms with van der Waals surface area (Å²) in [6.45, 7) is 4.98. The predicted octanol–water partition coefficient (Wildman–Crippen LogP) is 1.01. The molecule has 1 atom stereocenters. The number of ether oxygens (including phenoxy) is 1. The van der Waals surface area contributed by atoms with E-state index in [1.54, 1.807) is 26.8 Å². The van der Waals surface area contributed by atoms with E-state index >= 15 is 0 Å². The Morgan fingerprint density at radius 3 is 2.55 bits per heavy atom. The quantitative estimate of drug-likeness (QED) is 0.894. The van der Waals surface area contributed by atoms with E-state index in [4.69, 9.17) is 4.74 Å². The molecular formula is C14H17FNO4-. The second-order valence-corrected chi connectivity index (χ2v) is 5.35.